The molecule has 90 valence electrons. The summed E-state index contributed by atoms with van der Waals surface area (Å²) in [7, 11) is 0. The first-order chi connectivity index (χ1) is 6.38. The third kappa shape index (κ3) is 5.38. The minimum atomic E-state index is -0.364. The van der Waals surface area contributed by atoms with Crippen LogP contribution >= 0.6 is 12.4 Å². The molecule has 15 heavy (non-hydrogen) atoms. The quantitative estimate of drug-likeness (QED) is 0.710. The molecule has 0 saturated heterocycles. The van der Waals surface area contributed by atoms with Gasteiger partial charge in [-0.2, -0.15) is 0 Å². The van der Waals surface area contributed by atoms with Crippen molar-refractivity contribution in [3.05, 3.63) is 0 Å². The standard InChI is InChI=1S/C11H21NO2.ClH/c1-11(2,3)14-10(13)8-4-6-9(12)7-5-8;/h8-9H,4-7,12H2,1-3H3;1H/t8-,9+;. The van der Waals surface area contributed by atoms with Gasteiger partial charge in [-0.25, -0.2) is 0 Å². The van der Waals surface area contributed by atoms with E-state index in [4.69, 9.17) is 10.5 Å². The zero-order valence-electron chi connectivity index (χ0n) is 9.79. The summed E-state index contributed by atoms with van der Waals surface area (Å²) in [6.45, 7) is 5.71. The molecule has 0 amide bonds. The fourth-order valence-electron chi connectivity index (χ4n) is 1.74. The number of carbonyl (C=O) groups is 1. The van der Waals surface area contributed by atoms with E-state index < -0.39 is 0 Å². The number of nitrogens with two attached hydrogens (primary N) is 1. The van der Waals surface area contributed by atoms with Crippen LogP contribution in [0.5, 0.6) is 0 Å². The van der Waals surface area contributed by atoms with Crippen molar-refractivity contribution < 1.29 is 9.53 Å². The van der Waals surface area contributed by atoms with Crippen molar-refractivity contribution in [3.63, 3.8) is 0 Å². The van der Waals surface area contributed by atoms with Gasteiger partial charge in [-0.1, -0.05) is 0 Å². The predicted octanol–water partition coefficient (Wildman–Crippen LogP) is 2.27. The Morgan fingerprint density at radius 3 is 2.07 bits per heavy atom. The van der Waals surface area contributed by atoms with Crippen molar-refractivity contribution >= 4 is 18.4 Å². The fourth-order valence-corrected chi connectivity index (χ4v) is 1.74. The van der Waals surface area contributed by atoms with Crippen molar-refractivity contribution in [1.82, 2.24) is 0 Å². The SMILES string of the molecule is CC(C)(C)OC(=O)[C@H]1CC[C@@H](N)CC1.Cl. The van der Waals surface area contributed by atoms with E-state index in [-0.39, 0.29) is 35.9 Å². The third-order valence-corrected chi connectivity index (χ3v) is 2.51. The summed E-state index contributed by atoms with van der Waals surface area (Å²) in [6.07, 6.45) is 3.67. The van der Waals surface area contributed by atoms with Gasteiger partial charge in [0, 0.05) is 6.04 Å². The Morgan fingerprint density at radius 2 is 1.67 bits per heavy atom. The van der Waals surface area contributed by atoms with Crippen molar-refractivity contribution in [1.29, 1.82) is 0 Å². The molecule has 1 saturated carbocycles. The van der Waals surface area contributed by atoms with E-state index >= 15 is 0 Å². The second-order valence-electron chi connectivity index (χ2n) is 5.15. The van der Waals surface area contributed by atoms with E-state index in [0.717, 1.165) is 25.7 Å². The van der Waals surface area contributed by atoms with Gasteiger partial charge < -0.3 is 10.5 Å². The molecule has 0 aromatic rings. The van der Waals surface area contributed by atoms with Gasteiger partial charge in [-0.05, 0) is 46.5 Å². The summed E-state index contributed by atoms with van der Waals surface area (Å²) in [5, 5.41) is 0. The largest absolute Gasteiger partial charge is 0.460 e. The lowest BCUT2D eigenvalue weighted by molar-refractivity contribution is -0.161. The van der Waals surface area contributed by atoms with Gasteiger partial charge in [0.2, 0.25) is 0 Å². The van der Waals surface area contributed by atoms with Crippen LogP contribution in [-0.4, -0.2) is 17.6 Å². The molecule has 0 radical (unpaired) electrons. The molecular formula is C11H22ClNO2. The number of esters is 1. The minimum absolute atomic E-state index is 0. The summed E-state index contributed by atoms with van der Waals surface area (Å²) in [4.78, 5) is 11.7. The molecule has 1 fully saturated rings. The van der Waals surface area contributed by atoms with Crippen LogP contribution in [0.15, 0.2) is 0 Å². The second-order valence-corrected chi connectivity index (χ2v) is 5.15. The van der Waals surface area contributed by atoms with E-state index in [0.29, 0.717) is 0 Å². The van der Waals surface area contributed by atoms with Crippen LogP contribution in [0.2, 0.25) is 0 Å². The maximum Gasteiger partial charge on any atom is 0.309 e. The first kappa shape index (κ1) is 14.7. The van der Waals surface area contributed by atoms with Crippen LogP contribution in [0.1, 0.15) is 46.5 Å². The van der Waals surface area contributed by atoms with E-state index in [9.17, 15) is 4.79 Å². The van der Waals surface area contributed by atoms with Crippen LogP contribution in [0, 0.1) is 5.92 Å². The maximum absolute atomic E-state index is 11.7. The molecule has 0 aromatic carbocycles. The Hall–Kier alpha value is -0.280. The smallest absolute Gasteiger partial charge is 0.309 e. The summed E-state index contributed by atoms with van der Waals surface area (Å²) in [5.74, 6) is 0.0263. The van der Waals surface area contributed by atoms with Crippen molar-refractivity contribution in [2.75, 3.05) is 0 Å². The van der Waals surface area contributed by atoms with Gasteiger partial charge in [-0.3, -0.25) is 4.79 Å². The van der Waals surface area contributed by atoms with Gasteiger partial charge in [0.1, 0.15) is 5.60 Å². The van der Waals surface area contributed by atoms with E-state index in [1.54, 1.807) is 0 Å². The lowest BCUT2D eigenvalue weighted by atomic mass is 9.86. The molecule has 1 rings (SSSR count). The first-order valence-corrected chi connectivity index (χ1v) is 5.37. The van der Waals surface area contributed by atoms with E-state index in [1.807, 2.05) is 20.8 Å². The monoisotopic (exact) mass is 235 g/mol. The van der Waals surface area contributed by atoms with Crippen molar-refractivity contribution in [2.45, 2.75) is 58.1 Å². The summed E-state index contributed by atoms with van der Waals surface area (Å²) >= 11 is 0. The van der Waals surface area contributed by atoms with Gasteiger partial charge in [0.15, 0.2) is 0 Å². The molecule has 0 aliphatic heterocycles. The summed E-state index contributed by atoms with van der Waals surface area (Å²) < 4.78 is 5.33. The average molecular weight is 236 g/mol. The van der Waals surface area contributed by atoms with Crippen molar-refractivity contribution in [2.24, 2.45) is 11.7 Å². The van der Waals surface area contributed by atoms with E-state index in [1.165, 1.54) is 0 Å². The number of hydrogen-bond acceptors (Lipinski definition) is 3. The van der Waals surface area contributed by atoms with Gasteiger partial charge in [0.25, 0.3) is 0 Å². The maximum atomic E-state index is 11.7. The first-order valence-electron chi connectivity index (χ1n) is 5.37. The van der Waals surface area contributed by atoms with Crippen molar-refractivity contribution in [3.8, 4) is 0 Å². The molecule has 3 nitrogen and oxygen atoms in total. The summed E-state index contributed by atoms with van der Waals surface area (Å²) in [6, 6.07) is 0.286. The van der Waals surface area contributed by atoms with E-state index in [2.05, 4.69) is 0 Å². The molecule has 0 aromatic heterocycles. The number of hydrogen-bond donors (Lipinski definition) is 1. The normalized spacial score (nSPS) is 26.7. The van der Waals surface area contributed by atoms with Crippen LogP contribution < -0.4 is 5.73 Å². The van der Waals surface area contributed by atoms with Crippen LogP contribution in [0.25, 0.3) is 0 Å². The Morgan fingerprint density at radius 1 is 1.20 bits per heavy atom. The number of carbonyl (C=O) groups excluding carboxylic acids is 1. The molecule has 0 unspecified atom stereocenters. The summed E-state index contributed by atoms with van der Waals surface area (Å²) in [5.41, 5.74) is 5.41. The third-order valence-electron chi connectivity index (χ3n) is 2.51. The Kier molecular flexibility index (Phi) is 5.60. The second kappa shape index (κ2) is 5.71. The van der Waals surface area contributed by atoms with Crippen LogP contribution in [0.4, 0.5) is 0 Å². The van der Waals surface area contributed by atoms with Crippen LogP contribution in [0.3, 0.4) is 0 Å². The highest BCUT2D eigenvalue weighted by Gasteiger charge is 2.28. The topological polar surface area (TPSA) is 52.3 Å². The van der Waals surface area contributed by atoms with Gasteiger partial charge in [-0.15, -0.1) is 12.4 Å². The van der Waals surface area contributed by atoms with Gasteiger partial charge in [0.05, 0.1) is 5.92 Å². The molecule has 0 heterocycles. The minimum Gasteiger partial charge on any atom is -0.460 e. The number of halogens is 1. The zero-order chi connectivity index (χ0) is 10.8. The lowest BCUT2D eigenvalue weighted by Gasteiger charge is -2.28. The molecule has 1 aliphatic carbocycles. The predicted molar refractivity (Wildman–Crippen MR) is 63.0 cm³/mol. The highest BCUT2D eigenvalue weighted by Crippen LogP contribution is 2.25. The highest BCUT2D eigenvalue weighted by molar-refractivity contribution is 5.85. The molecule has 4 heteroatoms. The molecule has 0 bridgehead atoms. The molecular weight excluding hydrogens is 214 g/mol. The Labute approximate surface area is 98.2 Å². The Bertz CT molecular complexity index is 205. The van der Waals surface area contributed by atoms with Gasteiger partial charge >= 0.3 is 5.97 Å². The lowest BCUT2D eigenvalue weighted by Crippen LogP contribution is -2.34. The number of rotatable bonds is 1. The fraction of sp³-hybridized carbons (Fsp3) is 0.909. The zero-order valence-corrected chi connectivity index (χ0v) is 10.6. The van der Waals surface area contributed by atoms with Crippen LogP contribution in [-0.2, 0) is 9.53 Å². The highest BCUT2D eigenvalue weighted by atomic mass is 35.5. The number of ether oxygens (including phenoxy) is 1. The Balaban J connectivity index is 0.00000196. The average Bonchev–Trinajstić information content (AvgIpc) is 2.02. The molecule has 0 atom stereocenters. The molecule has 2 N–H and O–H groups in total. The molecule has 1 aliphatic rings. The molecule has 0 spiro atoms.